The van der Waals surface area contributed by atoms with E-state index in [0.29, 0.717) is 24.1 Å². The van der Waals surface area contributed by atoms with Crippen molar-refractivity contribution in [1.29, 1.82) is 0 Å². The Bertz CT molecular complexity index is 715. The zero-order chi connectivity index (χ0) is 18.2. The lowest BCUT2D eigenvalue weighted by Crippen LogP contribution is -3.12. The highest BCUT2D eigenvalue weighted by atomic mass is 16.6. The summed E-state index contributed by atoms with van der Waals surface area (Å²) >= 11 is 0. The van der Waals surface area contributed by atoms with E-state index in [0.717, 1.165) is 13.1 Å². The van der Waals surface area contributed by atoms with Crippen molar-refractivity contribution in [3.05, 3.63) is 69.8 Å². The van der Waals surface area contributed by atoms with Crippen LogP contribution in [0.1, 0.15) is 35.8 Å². The molecule has 132 valence electrons. The zero-order valence-corrected chi connectivity index (χ0v) is 14.6. The summed E-state index contributed by atoms with van der Waals surface area (Å²) in [5.41, 5.74) is 1.85. The second kappa shape index (κ2) is 8.94. The van der Waals surface area contributed by atoms with Crippen LogP contribution in [0.5, 0.6) is 0 Å². The molecular weight excluding hydrogens is 318 g/mol. The molecule has 25 heavy (non-hydrogen) atoms. The highest BCUT2D eigenvalue weighted by Gasteiger charge is 2.23. The molecular formula is C19H24N3O3+. The molecule has 0 unspecified atom stereocenters. The Morgan fingerprint density at radius 3 is 2.40 bits per heavy atom. The fraction of sp³-hybridized carbons (Fsp3) is 0.316. The zero-order valence-electron chi connectivity index (χ0n) is 14.6. The van der Waals surface area contributed by atoms with Gasteiger partial charge in [-0.05, 0) is 26.0 Å². The normalized spacial score (nSPS) is 12.0. The fourth-order valence-corrected chi connectivity index (χ4v) is 3.06. The predicted octanol–water partition coefficient (Wildman–Crippen LogP) is 2.49. The van der Waals surface area contributed by atoms with Crippen molar-refractivity contribution in [2.75, 3.05) is 25.0 Å². The standard InChI is InChI=1S/C19H23N3O3/c1-3-21(4-2)19(16-8-6-5-7-9-16)13-20-17-11-10-15(14-23)12-18(17)22(24)25/h5-12,14,19-20H,3-4,13H2,1-2H3/p+1/t19-/m1/s1. The fourth-order valence-electron chi connectivity index (χ4n) is 3.06. The van der Waals surface area contributed by atoms with Gasteiger partial charge in [0.05, 0.1) is 24.6 Å². The number of nitro benzene ring substituents is 1. The molecule has 2 rings (SSSR count). The Morgan fingerprint density at radius 1 is 1.16 bits per heavy atom. The number of rotatable bonds is 9. The number of nitro groups is 1. The summed E-state index contributed by atoms with van der Waals surface area (Å²) in [6.45, 7) is 6.77. The van der Waals surface area contributed by atoms with E-state index in [2.05, 4.69) is 31.3 Å². The maximum Gasteiger partial charge on any atom is 0.293 e. The average molecular weight is 342 g/mol. The molecule has 2 aromatic rings. The van der Waals surface area contributed by atoms with Gasteiger partial charge in [0.1, 0.15) is 18.0 Å². The molecule has 0 aliphatic carbocycles. The first kappa shape index (κ1) is 18.6. The topological polar surface area (TPSA) is 76.7 Å². The third-order valence-corrected chi connectivity index (χ3v) is 4.45. The summed E-state index contributed by atoms with van der Waals surface area (Å²) in [7, 11) is 0. The molecule has 1 atom stereocenters. The van der Waals surface area contributed by atoms with Crippen LogP contribution in [0.25, 0.3) is 0 Å². The van der Waals surface area contributed by atoms with Gasteiger partial charge in [0.2, 0.25) is 0 Å². The first-order valence-corrected chi connectivity index (χ1v) is 8.47. The number of carbonyl (C=O) groups is 1. The van der Waals surface area contributed by atoms with Gasteiger partial charge in [-0.3, -0.25) is 14.9 Å². The van der Waals surface area contributed by atoms with E-state index in [1.54, 1.807) is 12.1 Å². The second-order valence-electron chi connectivity index (χ2n) is 5.86. The third-order valence-electron chi connectivity index (χ3n) is 4.45. The van der Waals surface area contributed by atoms with E-state index in [1.807, 2.05) is 18.2 Å². The molecule has 0 saturated heterocycles. The summed E-state index contributed by atoms with van der Waals surface area (Å²) in [6, 6.07) is 14.8. The maximum atomic E-state index is 11.3. The van der Waals surface area contributed by atoms with Gasteiger partial charge < -0.3 is 10.2 Å². The van der Waals surface area contributed by atoms with Crippen molar-refractivity contribution in [1.82, 2.24) is 0 Å². The van der Waals surface area contributed by atoms with Crippen LogP contribution in [0.3, 0.4) is 0 Å². The lowest BCUT2D eigenvalue weighted by molar-refractivity contribution is -0.926. The van der Waals surface area contributed by atoms with E-state index >= 15 is 0 Å². The highest BCUT2D eigenvalue weighted by Crippen LogP contribution is 2.25. The molecule has 0 radical (unpaired) electrons. The smallest absolute Gasteiger partial charge is 0.293 e. The van der Waals surface area contributed by atoms with Crippen molar-refractivity contribution in [2.24, 2.45) is 0 Å². The molecule has 2 N–H and O–H groups in total. The molecule has 6 nitrogen and oxygen atoms in total. The molecule has 0 aliphatic heterocycles. The van der Waals surface area contributed by atoms with Crippen molar-refractivity contribution >= 4 is 17.7 Å². The monoisotopic (exact) mass is 342 g/mol. The number of aldehydes is 1. The number of anilines is 1. The summed E-state index contributed by atoms with van der Waals surface area (Å²) in [5.74, 6) is 0. The molecule has 0 amide bonds. The lowest BCUT2D eigenvalue weighted by Gasteiger charge is -2.27. The van der Waals surface area contributed by atoms with Crippen LogP contribution in [0.2, 0.25) is 0 Å². The number of hydrogen-bond acceptors (Lipinski definition) is 4. The number of carbonyl (C=O) groups excluding carboxylic acids is 1. The maximum absolute atomic E-state index is 11.3. The molecule has 0 spiro atoms. The van der Waals surface area contributed by atoms with Crippen LogP contribution in [0.4, 0.5) is 11.4 Å². The summed E-state index contributed by atoms with van der Waals surface area (Å²) in [4.78, 5) is 23.1. The largest absolute Gasteiger partial charge is 0.373 e. The van der Waals surface area contributed by atoms with E-state index in [1.165, 1.54) is 16.5 Å². The van der Waals surface area contributed by atoms with Gasteiger partial charge in [-0.1, -0.05) is 30.3 Å². The van der Waals surface area contributed by atoms with Gasteiger partial charge in [-0.25, -0.2) is 0 Å². The number of quaternary nitrogens is 1. The molecule has 0 saturated carbocycles. The van der Waals surface area contributed by atoms with Crippen molar-refractivity contribution in [3.8, 4) is 0 Å². The number of benzene rings is 2. The molecule has 0 aliphatic rings. The van der Waals surface area contributed by atoms with Crippen molar-refractivity contribution in [2.45, 2.75) is 19.9 Å². The van der Waals surface area contributed by atoms with Crippen molar-refractivity contribution in [3.63, 3.8) is 0 Å². The minimum atomic E-state index is -0.461. The van der Waals surface area contributed by atoms with Gasteiger partial charge >= 0.3 is 0 Å². The van der Waals surface area contributed by atoms with Crippen LogP contribution in [0, 0.1) is 10.1 Å². The Kier molecular flexibility index (Phi) is 6.65. The van der Waals surface area contributed by atoms with E-state index < -0.39 is 4.92 Å². The average Bonchev–Trinajstić information content (AvgIpc) is 2.65. The first-order chi connectivity index (χ1) is 12.1. The van der Waals surface area contributed by atoms with Crippen LogP contribution >= 0.6 is 0 Å². The van der Waals surface area contributed by atoms with Gasteiger partial charge in [0.15, 0.2) is 0 Å². The number of nitrogens with one attached hydrogen (secondary N) is 2. The van der Waals surface area contributed by atoms with Crippen LogP contribution in [-0.4, -0.2) is 30.8 Å². The summed E-state index contributed by atoms with van der Waals surface area (Å²) in [6.07, 6.45) is 0.615. The lowest BCUT2D eigenvalue weighted by atomic mass is 10.0. The minimum absolute atomic E-state index is 0.0778. The Labute approximate surface area is 147 Å². The van der Waals surface area contributed by atoms with Gasteiger partial charge in [-0.2, -0.15) is 0 Å². The van der Waals surface area contributed by atoms with Crippen molar-refractivity contribution < 1.29 is 14.6 Å². The van der Waals surface area contributed by atoms with Crippen LogP contribution in [0.15, 0.2) is 48.5 Å². The predicted molar refractivity (Wildman–Crippen MR) is 98.2 cm³/mol. The molecule has 2 aromatic carbocycles. The Hall–Kier alpha value is -2.73. The summed E-state index contributed by atoms with van der Waals surface area (Å²) in [5, 5.41) is 14.5. The highest BCUT2D eigenvalue weighted by molar-refractivity contribution is 5.79. The first-order valence-electron chi connectivity index (χ1n) is 8.47. The van der Waals surface area contributed by atoms with Crippen LogP contribution < -0.4 is 10.2 Å². The van der Waals surface area contributed by atoms with Crippen LogP contribution in [-0.2, 0) is 0 Å². The minimum Gasteiger partial charge on any atom is -0.373 e. The van der Waals surface area contributed by atoms with Gasteiger partial charge in [0.25, 0.3) is 5.69 Å². The Morgan fingerprint density at radius 2 is 1.84 bits per heavy atom. The summed E-state index contributed by atoms with van der Waals surface area (Å²) < 4.78 is 0. The number of hydrogen-bond donors (Lipinski definition) is 2. The second-order valence-corrected chi connectivity index (χ2v) is 5.86. The molecule has 0 bridgehead atoms. The molecule has 0 fully saturated rings. The van der Waals surface area contributed by atoms with E-state index in [-0.39, 0.29) is 11.7 Å². The van der Waals surface area contributed by atoms with E-state index in [4.69, 9.17) is 0 Å². The number of likely N-dealkylation sites (N-methyl/N-ethyl adjacent to an activating group) is 1. The Balaban J connectivity index is 2.26. The molecule has 6 heteroatoms. The SMILES string of the molecule is CC[NH+](CC)[C@H](CNc1ccc(C=O)cc1[N+](=O)[O-])c1ccccc1. The number of nitrogens with zero attached hydrogens (tertiary/aromatic N) is 1. The molecule has 0 heterocycles. The quantitative estimate of drug-likeness (QED) is 0.417. The molecule has 0 aromatic heterocycles. The third kappa shape index (κ3) is 4.64. The van der Waals surface area contributed by atoms with Gasteiger partial charge in [-0.15, -0.1) is 0 Å². The van der Waals surface area contributed by atoms with Gasteiger partial charge in [0, 0.05) is 17.2 Å². The van der Waals surface area contributed by atoms with E-state index in [9.17, 15) is 14.9 Å².